The molecule has 12 heteroatoms. The summed E-state index contributed by atoms with van der Waals surface area (Å²) in [6, 6.07) is 3.47. The second kappa shape index (κ2) is 9.79. The quantitative estimate of drug-likeness (QED) is 0.592. The molecule has 1 saturated heterocycles. The minimum Gasteiger partial charge on any atom is -0.755 e. The monoisotopic (exact) mass is 459 g/mol. The summed E-state index contributed by atoms with van der Waals surface area (Å²) in [4.78, 5) is 19.2. The summed E-state index contributed by atoms with van der Waals surface area (Å²) in [6.45, 7) is 2.06. The number of methoxy groups -OCH3 is 1. The van der Waals surface area contributed by atoms with Crippen LogP contribution >= 0.6 is 0 Å². The Morgan fingerprint density at radius 2 is 2.06 bits per heavy atom. The lowest BCUT2D eigenvalue weighted by Gasteiger charge is -2.35. The number of aromatic nitrogens is 2. The lowest BCUT2D eigenvalue weighted by Crippen LogP contribution is -2.45. The van der Waals surface area contributed by atoms with Crippen LogP contribution in [0.2, 0.25) is 0 Å². The highest BCUT2D eigenvalue weighted by Gasteiger charge is 2.33. The van der Waals surface area contributed by atoms with Crippen molar-refractivity contribution in [2.45, 2.75) is 25.6 Å². The normalized spacial score (nSPS) is 18.1. The van der Waals surface area contributed by atoms with Gasteiger partial charge in [0.1, 0.15) is 5.82 Å². The number of anilines is 2. The third-order valence-corrected chi connectivity index (χ3v) is 5.74. The molecule has 2 aromatic rings. The van der Waals surface area contributed by atoms with Crippen LogP contribution in [-0.2, 0) is 33.5 Å². The van der Waals surface area contributed by atoms with Crippen LogP contribution in [0, 0.1) is 5.92 Å². The Kier molecular flexibility index (Phi) is 7.34. The van der Waals surface area contributed by atoms with Gasteiger partial charge in [-0.1, -0.05) is 0 Å². The summed E-state index contributed by atoms with van der Waals surface area (Å²) in [6.07, 6.45) is 0.0362. The number of ether oxygens (including phenoxy) is 1. The van der Waals surface area contributed by atoms with Gasteiger partial charge in [-0.3, -0.25) is 9.00 Å². The molecule has 1 amide bonds. The first-order valence-electron chi connectivity index (χ1n) is 9.57. The minimum absolute atomic E-state index is 0.132. The molecule has 1 aliphatic heterocycles. The first kappa shape index (κ1) is 23.2. The molecule has 0 N–H and O–H groups in total. The number of halogens is 3. The summed E-state index contributed by atoms with van der Waals surface area (Å²) >= 11 is -2.97. The van der Waals surface area contributed by atoms with Crippen molar-refractivity contribution in [3.8, 4) is 0 Å². The molecule has 0 radical (unpaired) electrons. The van der Waals surface area contributed by atoms with Crippen LogP contribution < -0.4 is 9.21 Å². The molecule has 1 aromatic heterocycles. The standard InChI is InChI=1S/C19H23F3N4O4S/c1-30-10-9-24-12-17(23-13-24)25-8-2-3-14(11-25)18(27)26(31(28)29)16-6-4-15(5-7-16)19(20,21)22/h4-7,12-14H,2-3,8-11H2,1H3,(H,28,29)/p-1/t14-/m1/s1. The molecule has 170 valence electrons. The zero-order valence-corrected chi connectivity index (χ0v) is 17.6. The van der Waals surface area contributed by atoms with E-state index in [0.29, 0.717) is 42.7 Å². The lowest BCUT2D eigenvalue weighted by atomic mass is 9.97. The number of imidazole rings is 1. The van der Waals surface area contributed by atoms with Gasteiger partial charge in [-0.25, -0.2) is 9.29 Å². The number of hydrogen-bond acceptors (Lipinski definition) is 6. The fourth-order valence-electron chi connectivity index (χ4n) is 3.46. The topological polar surface area (TPSA) is 90.7 Å². The number of piperidine rings is 1. The summed E-state index contributed by atoms with van der Waals surface area (Å²) in [5.41, 5.74) is -1.06. The van der Waals surface area contributed by atoms with Gasteiger partial charge in [-0.15, -0.1) is 0 Å². The van der Waals surface area contributed by atoms with Crippen molar-refractivity contribution >= 4 is 28.7 Å². The molecule has 1 aliphatic rings. The second-order valence-electron chi connectivity index (χ2n) is 7.14. The molecule has 0 bridgehead atoms. The van der Waals surface area contributed by atoms with Crippen molar-refractivity contribution < 1.29 is 31.5 Å². The van der Waals surface area contributed by atoms with Crippen LogP contribution in [0.25, 0.3) is 0 Å². The van der Waals surface area contributed by atoms with E-state index in [-0.39, 0.29) is 12.2 Å². The van der Waals surface area contributed by atoms with Crippen LogP contribution in [-0.4, -0.2) is 51.0 Å². The fourth-order valence-corrected chi connectivity index (χ4v) is 4.05. The lowest BCUT2D eigenvalue weighted by molar-refractivity contribution is -0.137. The molecule has 3 rings (SSSR count). The smallest absolute Gasteiger partial charge is 0.416 e. The van der Waals surface area contributed by atoms with E-state index < -0.39 is 34.8 Å². The SMILES string of the molecule is COCCn1cnc(N2CCC[C@@H](C(=O)N(c3ccc(C(F)(F)F)cc3)S(=O)[O-])C2)c1. The van der Waals surface area contributed by atoms with Gasteiger partial charge in [0.15, 0.2) is 0 Å². The summed E-state index contributed by atoms with van der Waals surface area (Å²) in [5.74, 6) is -0.660. The molecule has 0 spiro atoms. The Morgan fingerprint density at radius 1 is 1.35 bits per heavy atom. The molecule has 0 saturated carbocycles. The Labute approximate surface area is 180 Å². The van der Waals surface area contributed by atoms with Crippen molar-refractivity contribution in [1.29, 1.82) is 0 Å². The van der Waals surface area contributed by atoms with Crippen LogP contribution in [0.4, 0.5) is 24.7 Å². The highest BCUT2D eigenvalue weighted by atomic mass is 32.2. The van der Waals surface area contributed by atoms with E-state index >= 15 is 0 Å². The number of amides is 1. The van der Waals surface area contributed by atoms with Gasteiger partial charge in [-0.05, 0) is 37.1 Å². The van der Waals surface area contributed by atoms with E-state index in [4.69, 9.17) is 4.74 Å². The molecule has 1 unspecified atom stereocenters. The Bertz CT molecular complexity index is 920. The van der Waals surface area contributed by atoms with E-state index in [9.17, 15) is 26.7 Å². The number of alkyl halides is 3. The Morgan fingerprint density at radius 3 is 2.68 bits per heavy atom. The number of nitrogens with zero attached hydrogens (tertiary/aromatic N) is 4. The predicted octanol–water partition coefficient (Wildman–Crippen LogP) is 2.59. The molecule has 2 atom stereocenters. The van der Waals surface area contributed by atoms with Crippen molar-refractivity contribution in [2.75, 3.05) is 36.0 Å². The number of hydrogen-bond donors (Lipinski definition) is 0. The Balaban J connectivity index is 1.74. The highest BCUT2D eigenvalue weighted by Crippen LogP contribution is 2.32. The van der Waals surface area contributed by atoms with Crippen molar-refractivity contribution in [3.63, 3.8) is 0 Å². The third kappa shape index (κ3) is 5.63. The number of carbonyl (C=O) groups excluding carboxylic acids is 1. The molecule has 8 nitrogen and oxygen atoms in total. The van der Waals surface area contributed by atoms with E-state index in [2.05, 4.69) is 4.98 Å². The summed E-state index contributed by atoms with van der Waals surface area (Å²) < 4.78 is 69.3. The van der Waals surface area contributed by atoms with Crippen LogP contribution in [0.1, 0.15) is 18.4 Å². The molecule has 2 heterocycles. The van der Waals surface area contributed by atoms with Gasteiger partial charge in [0.25, 0.3) is 0 Å². The van der Waals surface area contributed by atoms with E-state index in [1.807, 2.05) is 15.7 Å². The average Bonchev–Trinajstić information content (AvgIpc) is 3.21. The number of carbonyl (C=O) groups is 1. The van der Waals surface area contributed by atoms with Gasteiger partial charge in [0.05, 0.1) is 41.4 Å². The third-order valence-electron chi connectivity index (χ3n) is 5.05. The van der Waals surface area contributed by atoms with Crippen molar-refractivity contribution in [1.82, 2.24) is 9.55 Å². The molecular weight excluding hydrogens is 437 g/mol. The summed E-state index contributed by atoms with van der Waals surface area (Å²) in [7, 11) is 1.60. The largest absolute Gasteiger partial charge is 0.755 e. The number of benzene rings is 1. The van der Waals surface area contributed by atoms with Crippen LogP contribution in [0.5, 0.6) is 0 Å². The van der Waals surface area contributed by atoms with Crippen LogP contribution in [0.3, 0.4) is 0 Å². The molecule has 1 fully saturated rings. The molecule has 0 aliphatic carbocycles. The zero-order valence-electron chi connectivity index (χ0n) is 16.7. The van der Waals surface area contributed by atoms with Gasteiger partial charge in [-0.2, -0.15) is 13.2 Å². The second-order valence-corrected chi connectivity index (χ2v) is 7.94. The zero-order chi connectivity index (χ0) is 22.6. The number of rotatable bonds is 7. The maximum Gasteiger partial charge on any atom is 0.416 e. The first-order chi connectivity index (χ1) is 14.7. The van der Waals surface area contributed by atoms with E-state index in [1.54, 1.807) is 13.4 Å². The highest BCUT2D eigenvalue weighted by molar-refractivity contribution is 7.81. The van der Waals surface area contributed by atoms with E-state index in [0.717, 1.165) is 24.3 Å². The van der Waals surface area contributed by atoms with Crippen molar-refractivity contribution in [3.05, 3.63) is 42.4 Å². The molecule has 31 heavy (non-hydrogen) atoms. The first-order valence-corrected chi connectivity index (χ1v) is 10.6. The minimum atomic E-state index is -4.56. The molecule has 1 aromatic carbocycles. The van der Waals surface area contributed by atoms with Crippen LogP contribution in [0.15, 0.2) is 36.8 Å². The van der Waals surface area contributed by atoms with Gasteiger partial charge >= 0.3 is 6.18 Å². The van der Waals surface area contributed by atoms with Gasteiger partial charge in [0.2, 0.25) is 5.91 Å². The van der Waals surface area contributed by atoms with Gasteiger partial charge < -0.3 is 18.8 Å². The summed E-state index contributed by atoms with van der Waals surface area (Å²) in [5, 5.41) is 0. The fraction of sp³-hybridized carbons (Fsp3) is 0.474. The van der Waals surface area contributed by atoms with Crippen molar-refractivity contribution in [2.24, 2.45) is 5.92 Å². The average molecular weight is 459 g/mol. The predicted molar refractivity (Wildman–Crippen MR) is 107 cm³/mol. The Hall–Kier alpha value is -2.44. The molecular formula is C19H22F3N4O4S-. The van der Waals surface area contributed by atoms with E-state index in [1.165, 1.54) is 0 Å². The maximum atomic E-state index is 13.0. The maximum absolute atomic E-state index is 13.0. The van der Waals surface area contributed by atoms with Gasteiger partial charge in [0, 0.05) is 32.9 Å².